The topological polar surface area (TPSA) is 78.4 Å². The normalized spacial score (nSPS) is 23.9. The first kappa shape index (κ1) is 19.7. The summed E-state index contributed by atoms with van der Waals surface area (Å²) in [6.45, 7) is 6.22. The van der Waals surface area contributed by atoms with Crippen LogP contribution < -0.4 is 5.32 Å². The van der Waals surface area contributed by atoms with E-state index >= 15 is 0 Å². The summed E-state index contributed by atoms with van der Waals surface area (Å²) >= 11 is 0. The summed E-state index contributed by atoms with van der Waals surface area (Å²) in [5.74, 6) is -0.0190. The highest BCUT2D eigenvalue weighted by molar-refractivity contribution is 5.92. The fourth-order valence-electron chi connectivity index (χ4n) is 4.45. The van der Waals surface area contributed by atoms with Crippen LogP contribution in [-0.4, -0.2) is 69.3 Å². The minimum absolute atomic E-state index is 0.0362. The van der Waals surface area contributed by atoms with Crippen molar-refractivity contribution < 1.29 is 9.59 Å². The number of aromatic nitrogens is 2. The van der Waals surface area contributed by atoms with Gasteiger partial charge in [-0.15, -0.1) is 0 Å². The zero-order valence-corrected chi connectivity index (χ0v) is 16.4. The zero-order valence-electron chi connectivity index (χ0n) is 16.4. The first-order valence-electron chi connectivity index (χ1n) is 10.2. The van der Waals surface area contributed by atoms with Crippen molar-refractivity contribution in [2.75, 3.05) is 19.6 Å². The summed E-state index contributed by atoms with van der Waals surface area (Å²) in [6.07, 6.45) is 11.2. The van der Waals surface area contributed by atoms with Crippen LogP contribution in [0.5, 0.6) is 0 Å². The lowest BCUT2D eigenvalue weighted by Gasteiger charge is -2.36. The van der Waals surface area contributed by atoms with Crippen molar-refractivity contribution in [3.63, 3.8) is 0 Å². The predicted octanol–water partition coefficient (Wildman–Crippen LogP) is 1.85. The number of carbonyl (C=O) groups is 2. The fraction of sp³-hybridized carbons (Fsp3) is 0.700. The molecule has 1 aromatic heterocycles. The molecule has 0 spiro atoms. The number of nitrogens with one attached hydrogen (secondary N) is 1. The van der Waals surface area contributed by atoms with Crippen LogP contribution >= 0.6 is 0 Å². The van der Waals surface area contributed by atoms with E-state index in [1.54, 1.807) is 6.20 Å². The molecule has 2 fully saturated rings. The van der Waals surface area contributed by atoms with Crippen LogP contribution in [0.2, 0.25) is 0 Å². The molecule has 7 nitrogen and oxygen atoms in total. The van der Waals surface area contributed by atoms with Gasteiger partial charge in [-0.1, -0.05) is 19.3 Å². The van der Waals surface area contributed by atoms with Crippen molar-refractivity contribution >= 4 is 11.8 Å². The fourth-order valence-corrected chi connectivity index (χ4v) is 4.45. The number of hydrogen-bond acceptors (Lipinski definition) is 5. The molecule has 0 unspecified atom stereocenters. The first-order chi connectivity index (χ1) is 13.1. The third-order valence-corrected chi connectivity index (χ3v) is 5.87. The Bertz CT molecular complexity index is 629. The Labute approximate surface area is 161 Å². The molecule has 2 aliphatic rings. The van der Waals surface area contributed by atoms with E-state index < -0.39 is 0 Å². The Hall–Kier alpha value is -2.02. The molecule has 1 saturated carbocycles. The Morgan fingerprint density at radius 1 is 1.19 bits per heavy atom. The second-order valence-electron chi connectivity index (χ2n) is 7.51. The quantitative estimate of drug-likeness (QED) is 0.823. The van der Waals surface area contributed by atoms with Crippen LogP contribution in [0.4, 0.5) is 0 Å². The lowest BCUT2D eigenvalue weighted by molar-refractivity contribution is -0.136. The third-order valence-electron chi connectivity index (χ3n) is 5.87. The van der Waals surface area contributed by atoms with Gasteiger partial charge < -0.3 is 10.2 Å². The van der Waals surface area contributed by atoms with E-state index in [0.29, 0.717) is 18.2 Å². The maximum absolute atomic E-state index is 13.1. The average molecular weight is 374 g/mol. The van der Waals surface area contributed by atoms with Crippen molar-refractivity contribution in [1.29, 1.82) is 0 Å². The molecule has 0 bridgehead atoms. The number of carbonyl (C=O) groups excluding carboxylic acids is 2. The highest BCUT2D eigenvalue weighted by atomic mass is 16.2. The predicted molar refractivity (Wildman–Crippen MR) is 103 cm³/mol. The standard InChI is InChI=1S/C20H31N5O2/c1-3-24(4-2)20(27)18-12-15(14-25(18)16-8-6-5-7-9-16)23-19(26)17-13-21-10-11-22-17/h10-11,13,15-16,18H,3-9,12,14H2,1-2H3,(H,23,26)/t15-,18+/m1/s1. The van der Waals surface area contributed by atoms with Crippen molar-refractivity contribution in [3.05, 3.63) is 24.3 Å². The minimum Gasteiger partial charge on any atom is -0.347 e. The molecule has 1 N–H and O–H groups in total. The second kappa shape index (κ2) is 9.26. The molecule has 148 valence electrons. The highest BCUT2D eigenvalue weighted by Gasteiger charge is 2.42. The summed E-state index contributed by atoms with van der Waals surface area (Å²) in [5.41, 5.74) is 0.320. The minimum atomic E-state index is -0.215. The summed E-state index contributed by atoms with van der Waals surface area (Å²) in [6, 6.07) is 0.271. The molecular weight excluding hydrogens is 342 g/mol. The van der Waals surface area contributed by atoms with Gasteiger partial charge in [0.2, 0.25) is 5.91 Å². The monoisotopic (exact) mass is 373 g/mol. The van der Waals surface area contributed by atoms with Gasteiger partial charge in [0.15, 0.2) is 0 Å². The van der Waals surface area contributed by atoms with Crippen molar-refractivity contribution in [1.82, 2.24) is 25.1 Å². The first-order valence-corrected chi connectivity index (χ1v) is 10.2. The van der Waals surface area contributed by atoms with E-state index in [1.165, 1.54) is 31.7 Å². The molecule has 2 amide bonds. The number of hydrogen-bond donors (Lipinski definition) is 1. The molecule has 0 radical (unpaired) electrons. The molecule has 1 aromatic rings. The Morgan fingerprint density at radius 2 is 1.93 bits per heavy atom. The van der Waals surface area contributed by atoms with E-state index in [9.17, 15) is 9.59 Å². The molecule has 2 atom stereocenters. The smallest absolute Gasteiger partial charge is 0.271 e. The highest BCUT2D eigenvalue weighted by Crippen LogP contribution is 2.30. The molecule has 2 heterocycles. The van der Waals surface area contributed by atoms with Gasteiger partial charge in [-0.25, -0.2) is 4.98 Å². The summed E-state index contributed by atoms with van der Waals surface area (Å²) in [4.78, 5) is 37.9. The van der Waals surface area contributed by atoms with Crippen LogP contribution in [-0.2, 0) is 4.79 Å². The van der Waals surface area contributed by atoms with Crippen LogP contribution in [0.3, 0.4) is 0 Å². The number of nitrogens with zero attached hydrogens (tertiary/aromatic N) is 4. The van der Waals surface area contributed by atoms with Gasteiger partial charge >= 0.3 is 0 Å². The van der Waals surface area contributed by atoms with E-state index in [4.69, 9.17) is 0 Å². The molecule has 3 rings (SSSR count). The van der Waals surface area contributed by atoms with Gasteiger partial charge in [-0.3, -0.25) is 19.5 Å². The molecule has 7 heteroatoms. The van der Waals surface area contributed by atoms with E-state index in [2.05, 4.69) is 20.2 Å². The van der Waals surface area contributed by atoms with Gasteiger partial charge in [0.05, 0.1) is 12.2 Å². The molecule has 1 aliphatic carbocycles. The summed E-state index contributed by atoms with van der Waals surface area (Å²) in [5, 5.41) is 3.07. The van der Waals surface area contributed by atoms with Gasteiger partial charge in [0.25, 0.3) is 5.91 Å². The number of likely N-dealkylation sites (tertiary alicyclic amines) is 1. The summed E-state index contributed by atoms with van der Waals surface area (Å²) < 4.78 is 0. The van der Waals surface area contributed by atoms with E-state index in [1.807, 2.05) is 18.7 Å². The number of rotatable bonds is 6. The zero-order chi connectivity index (χ0) is 19.2. The van der Waals surface area contributed by atoms with Crippen LogP contribution in [0.1, 0.15) is 62.9 Å². The maximum Gasteiger partial charge on any atom is 0.271 e. The van der Waals surface area contributed by atoms with Gasteiger partial charge in [0, 0.05) is 44.1 Å². The molecular formula is C20H31N5O2. The van der Waals surface area contributed by atoms with Gasteiger partial charge in [0.1, 0.15) is 5.69 Å². The Morgan fingerprint density at radius 3 is 2.56 bits per heavy atom. The maximum atomic E-state index is 13.1. The van der Waals surface area contributed by atoms with E-state index in [0.717, 1.165) is 32.5 Å². The lowest BCUT2D eigenvalue weighted by Crippen LogP contribution is -2.49. The van der Waals surface area contributed by atoms with Crippen molar-refractivity contribution in [3.8, 4) is 0 Å². The van der Waals surface area contributed by atoms with Gasteiger partial charge in [-0.05, 0) is 33.1 Å². The van der Waals surface area contributed by atoms with E-state index in [-0.39, 0.29) is 23.9 Å². The molecule has 0 aromatic carbocycles. The average Bonchev–Trinajstić information content (AvgIpc) is 3.14. The third kappa shape index (κ3) is 4.64. The SMILES string of the molecule is CCN(CC)C(=O)[C@@H]1C[C@@H](NC(=O)c2cnccn2)CN1C1CCCCC1. The number of likely N-dealkylation sites (N-methyl/N-ethyl adjacent to an activating group) is 1. The van der Waals surface area contributed by atoms with Crippen LogP contribution in [0.15, 0.2) is 18.6 Å². The van der Waals surface area contributed by atoms with Crippen molar-refractivity contribution in [2.45, 2.75) is 70.5 Å². The second-order valence-corrected chi connectivity index (χ2v) is 7.51. The summed E-state index contributed by atoms with van der Waals surface area (Å²) in [7, 11) is 0. The van der Waals surface area contributed by atoms with Crippen molar-refractivity contribution in [2.24, 2.45) is 0 Å². The van der Waals surface area contributed by atoms with Crippen LogP contribution in [0, 0.1) is 0 Å². The molecule has 1 saturated heterocycles. The molecule has 1 aliphatic heterocycles. The van der Waals surface area contributed by atoms with Gasteiger partial charge in [-0.2, -0.15) is 0 Å². The Balaban J connectivity index is 1.72. The lowest BCUT2D eigenvalue weighted by atomic mass is 9.93. The van der Waals surface area contributed by atoms with Crippen LogP contribution in [0.25, 0.3) is 0 Å². The molecule has 27 heavy (non-hydrogen) atoms. The largest absolute Gasteiger partial charge is 0.347 e. The number of amides is 2. The Kier molecular flexibility index (Phi) is 6.77.